The van der Waals surface area contributed by atoms with Gasteiger partial charge in [-0.05, 0) is 6.20 Å². The summed E-state index contributed by atoms with van der Waals surface area (Å²) in [5.74, 6) is 0.602. The van der Waals surface area contributed by atoms with Gasteiger partial charge in [-0.1, -0.05) is 6.58 Å². The summed E-state index contributed by atoms with van der Waals surface area (Å²) in [7, 11) is 0. The number of hydrogen-bond donors (Lipinski definition) is 2. The van der Waals surface area contributed by atoms with Crippen molar-refractivity contribution in [3.63, 3.8) is 0 Å². The monoisotopic (exact) mass is 148 g/mol. The fraction of sp³-hybridized carbons (Fsp3) is 0. The molecule has 0 aliphatic rings. The van der Waals surface area contributed by atoms with Crippen LogP contribution < -0.4 is 5.32 Å². The number of hydrogen-bond acceptors (Lipinski definition) is 4. The van der Waals surface area contributed by atoms with Gasteiger partial charge < -0.3 is 10.7 Å². The van der Waals surface area contributed by atoms with E-state index in [-0.39, 0.29) is 0 Å². The van der Waals surface area contributed by atoms with Crippen molar-refractivity contribution >= 4 is 12.0 Å². The molecule has 0 spiro atoms. The number of rotatable bonds is 3. The molecule has 0 amide bonds. The van der Waals surface area contributed by atoms with E-state index < -0.39 is 0 Å². The lowest BCUT2D eigenvalue weighted by molar-refractivity contribution is 1.16. The average molecular weight is 148 g/mol. The van der Waals surface area contributed by atoms with E-state index in [1.807, 2.05) is 0 Å². The van der Waals surface area contributed by atoms with Crippen LogP contribution in [0.5, 0.6) is 0 Å². The standard InChI is InChI=1S/C7H8N4/c1-2-10-7-6(3-8)4-9-5-11-7/h2-5,8H,1H2,(H,9,10,11). The summed E-state index contributed by atoms with van der Waals surface area (Å²) >= 11 is 0. The zero-order valence-corrected chi connectivity index (χ0v) is 5.91. The molecule has 0 aliphatic carbocycles. The Kier molecular flexibility index (Phi) is 2.32. The summed E-state index contributed by atoms with van der Waals surface area (Å²) in [5, 5.41) is 9.77. The van der Waals surface area contributed by atoms with Crippen LogP contribution in [0.15, 0.2) is 25.3 Å². The van der Waals surface area contributed by atoms with E-state index >= 15 is 0 Å². The molecule has 11 heavy (non-hydrogen) atoms. The van der Waals surface area contributed by atoms with Crippen LogP contribution in [-0.2, 0) is 0 Å². The van der Waals surface area contributed by atoms with E-state index in [1.165, 1.54) is 18.7 Å². The third-order valence-corrected chi connectivity index (χ3v) is 1.13. The van der Waals surface area contributed by atoms with Crippen LogP contribution in [0.1, 0.15) is 5.56 Å². The minimum atomic E-state index is 0.602. The molecular formula is C7H8N4. The van der Waals surface area contributed by atoms with Gasteiger partial charge in [-0.3, -0.25) is 0 Å². The summed E-state index contributed by atoms with van der Waals surface area (Å²) in [5.41, 5.74) is 0.646. The van der Waals surface area contributed by atoms with Crippen molar-refractivity contribution in [1.29, 1.82) is 5.41 Å². The van der Waals surface area contributed by atoms with Gasteiger partial charge in [0.05, 0.1) is 5.56 Å². The van der Waals surface area contributed by atoms with Crippen molar-refractivity contribution in [1.82, 2.24) is 9.97 Å². The van der Waals surface area contributed by atoms with Gasteiger partial charge in [0.15, 0.2) is 0 Å². The van der Waals surface area contributed by atoms with Crippen molar-refractivity contribution in [2.75, 3.05) is 5.32 Å². The average Bonchev–Trinajstić information content (AvgIpc) is 2.06. The summed E-state index contributed by atoms with van der Waals surface area (Å²) < 4.78 is 0. The summed E-state index contributed by atoms with van der Waals surface area (Å²) in [6.45, 7) is 3.48. The molecule has 1 aromatic heterocycles. The van der Waals surface area contributed by atoms with Crippen LogP contribution >= 0.6 is 0 Å². The van der Waals surface area contributed by atoms with Crippen molar-refractivity contribution in [3.8, 4) is 0 Å². The maximum atomic E-state index is 6.98. The predicted octanol–water partition coefficient (Wildman–Crippen LogP) is 1.03. The van der Waals surface area contributed by atoms with Crippen LogP contribution in [-0.4, -0.2) is 16.2 Å². The predicted molar refractivity (Wildman–Crippen MR) is 43.7 cm³/mol. The second-order valence-electron chi connectivity index (χ2n) is 1.82. The summed E-state index contributed by atoms with van der Waals surface area (Å²) in [6.07, 6.45) is 5.67. The smallest absolute Gasteiger partial charge is 0.142 e. The maximum absolute atomic E-state index is 6.98. The van der Waals surface area contributed by atoms with E-state index in [4.69, 9.17) is 5.41 Å². The second kappa shape index (κ2) is 3.46. The Balaban J connectivity index is 3.01. The molecule has 0 saturated heterocycles. The quantitative estimate of drug-likeness (QED) is 0.629. The molecule has 0 bridgehead atoms. The molecule has 1 rings (SSSR count). The van der Waals surface area contributed by atoms with E-state index in [0.717, 1.165) is 0 Å². The lowest BCUT2D eigenvalue weighted by Gasteiger charge is -2.00. The van der Waals surface area contributed by atoms with Gasteiger partial charge in [0.25, 0.3) is 0 Å². The van der Waals surface area contributed by atoms with Crippen LogP contribution in [0.2, 0.25) is 0 Å². The fourth-order valence-electron chi connectivity index (χ4n) is 0.663. The molecule has 0 saturated carbocycles. The van der Waals surface area contributed by atoms with Crippen LogP contribution in [0.4, 0.5) is 5.82 Å². The summed E-state index contributed by atoms with van der Waals surface area (Å²) in [4.78, 5) is 7.66. The van der Waals surface area contributed by atoms with Gasteiger partial charge in [-0.15, -0.1) is 0 Å². The lowest BCUT2D eigenvalue weighted by atomic mass is 10.3. The molecule has 4 nitrogen and oxygen atoms in total. The van der Waals surface area contributed by atoms with Gasteiger partial charge in [-0.2, -0.15) is 0 Å². The number of nitrogens with one attached hydrogen (secondary N) is 2. The largest absolute Gasteiger partial charge is 0.347 e. The minimum absolute atomic E-state index is 0.602. The molecule has 56 valence electrons. The first-order valence-electron chi connectivity index (χ1n) is 3.06. The van der Waals surface area contributed by atoms with Crippen LogP contribution in [0, 0.1) is 5.41 Å². The Hall–Kier alpha value is -1.71. The highest BCUT2D eigenvalue weighted by Crippen LogP contribution is 2.05. The molecule has 0 radical (unpaired) electrons. The molecular weight excluding hydrogens is 140 g/mol. The first kappa shape index (κ1) is 7.40. The first-order valence-corrected chi connectivity index (χ1v) is 3.06. The molecule has 0 atom stereocenters. The third kappa shape index (κ3) is 1.61. The Morgan fingerprint density at radius 3 is 3.09 bits per heavy atom. The van der Waals surface area contributed by atoms with Gasteiger partial charge in [0, 0.05) is 12.4 Å². The molecule has 2 N–H and O–H groups in total. The van der Waals surface area contributed by atoms with Crippen molar-refractivity contribution in [2.24, 2.45) is 0 Å². The fourth-order valence-corrected chi connectivity index (χ4v) is 0.663. The Labute approximate surface area is 64.5 Å². The lowest BCUT2D eigenvalue weighted by Crippen LogP contribution is -1.96. The number of nitrogens with zero attached hydrogens (tertiary/aromatic N) is 2. The normalized spacial score (nSPS) is 8.73. The topological polar surface area (TPSA) is 61.7 Å². The van der Waals surface area contributed by atoms with E-state index in [0.29, 0.717) is 11.4 Å². The minimum Gasteiger partial charge on any atom is -0.347 e. The van der Waals surface area contributed by atoms with Crippen molar-refractivity contribution in [3.05, 3.63) is 30.9 Å². The highest BCUT2D eigenvalue weighted by atomic mass is 15.0. The highest BCUT2D eigenvalue weighted by Gasteiger charge is 1.96. The molecule has 0 unspecified atom stereocenters. The number of anilines is 1. The Morgan fingerprint density at radius 2 is 2.45 bits per heavy atom. The molecule has 0 fully saturated rings. The van der Waals surface area contributed by atoms with Crippen molar-refractivity contribution < 1.29 is 0 Å². The maximum Gasteiger partial charge on any atom is 0.142 e. The van der Waals surface area contributed by atoms with Crippen LogP contribution in [0.3, 0.4) is 0 Å². The van der Waals surface area contributed by atoms with Gasteiger partial charge in [-0.25, -0.2) is 9.97 Å². The van der Waals surface area contributed by atoms with Gasteiger partial charge in [0.2, 0.25) is 0 Å². The van der Waals surface area contributed by atoms with Gasteiger partial charge in [0.1, 0.15) is 12.1 Å². The molecule has 1 heterocycles. The van der Waals surface area contributed by atoms with E-state index in [9.17, 15) is 0 Å². The van der Waals surface area contributed by atoms with Crippen LogP contribution in [0.25, 0.3) is 0 Å². The van der Waals surface area contributed by atoms with E-state index in [1.54, 1.807) is 6.20 Å². The third-order valence-electron chi connectivity index (χ3n) is 1.13. The SMILES string of the molecule is C=CNc1ncncc1C=N. The zero-order valence-electron chi connectivity index (χ0n) is 5.91. The molecule has 0 aromatic carbocycles. The Morgan fingerprint density at radius 1 is 1.64 bits per heavy atom. The molecule has 0 aliphatic heterocycles. The highest BCUT2D eigenvalue weighted by molar-refractivity contribution is 5.83. The number of aromatic nitrogens is 2. The Bertz CT molecular complexity index is 269. The van der Waals surface area contributed by atoms with Crippen molar-refractivity contribution in [2.45, 2.75) is 0 Å². The second-order valence-corrected chi connectivity index (χ2v) is 1.82. The first-order chi connectivity index (χ1) is 5.38. The molecule has 1 aromatic rings. The zero-order chi connectivity index (χ0) is 8.10. The molecule has 4 heteroatoms. The summed E-state index contributed by atoms with van der Waals surface area (Å²) in [6, 6.07) is 0. The van der Waals surface area contributed by atoms with E-state index in [2.05, 4.69) is 21.9 Å². The van der Waals surface area contributed by atoms with Gasteiger partial charge >= 0.3 is 0 Å².